The Kier molecular flexibility index (Phi) is 4.31. The summed E-state index contributed by atoms with van der Waals surface area (Å²) in [6.45, 7) is 0. The number of rotatable bonds is 4. The molecule has 0 amide bonds. The highest BCUT2D eigenvalue weighted by atomic mass is 16.5. The summed E-state index contributed by atoms with van der Waals surface area (Å²) in [6.07, 6.45) is 3.42. The van der Waals surface area contributed by atoms with Crippen LogP contribution in [0.4, 0.5) is 0 Å². The standard InChI is InChI=1S/C14H20O4/c1-16-13-8-7-10(9-14(13)17-2)18-12-6-4-3-5-11(12)15/h7-9,11-12,15H,3-6H2,1-2H3. The molecule has 1 N–H and O–H groups in total. The van der Waals surface area contributed by atoms with Crippen LogP contribution >= 0.6 is 0 Å². The summed E-state index contributed by atoms with van der Waals surface area (Å²) in [5, 5.41) is 9.88. The minimum absolute atomic E-state index is 0.114. The summed E-state index contributed by atoms with van der Waals surface area (Å²) < 4.78 is 16.2. The Labute approximate surface area is 107 Å². The van der Waals surface area contributed by atoms with Crippen molar-refractivity contribution in [2.24, 2.45) is 0 Å². The van der Waals surface area contributed by atoms with Gasteiger partial charge in [0.2, 0.25) is 0 Å². The predicted octanol–water partition coefficient (Wildman–Crippen LogP) is 2.39. The van der Waals surface area contributed by atoms with Crippen LogP contribution < -0.4 is 14.2 Å². The maximum atomic E-state index is 9.88. The van der Waals surface area contributed by atoms with Crippen LogP contribution in [0.3, 0.4) is 0 Å². The van der Waals surface area contributed by atoms with Gasteiger partial charge in [-0.1, -0.05) is 6.42 Å². The smallest absolute Gasteiger partial charge is 0.164 e. The molecule has 1 aromatic carbocycles. The number of aliphatic hydroxyl groups excluding tert-OH is 1. The SMILES string of the molecule is COc1ccc(OC2CCCCC2O)cc1OC. The van der Waals surface area contributed by atoms with Crippen molar-refractivity contribution in [2.45, 2.75) is 37.9 Å². The lowest BCUT2D eigenvalue weighted by molar-refractivity contribution is 0.00675. The van der Waals surface area contributed by atoms with E-state index >= 15 is 0 Å². The molecular formula is C14H20O4. The number of methoxy groups -OCH3 is 2. The maximum Gasteiger partial charge on any atom is 0.164 e. The van der Waals surface area contributed by atoms with Gasteiger partial charge in [0, 0.05) is 6.07 Å². The first kappa shape index (κ1) is 13.0. The Morgan fingerprint density at radius 1 is 1.06 bits per heavy atom. The van der Waals surface area contributed by atoms with Crippen molar-refractivity contribution in [3.8, 4) is 17.2 Å². The van der Waals surface area contributed by atoms with Gasteiger partial charge >= 0.3 is 0 Å². The van der Waals surface area contributed by atoms with Crippen molar-refractivity contribution in [2.75, 3.05) is 14.2 Å². The summed E-state index contributed by atoms with van der Waals surface area (Å²) in [5.41, 5.74) is 0. The molecule has 4 heteroatoms. The molecule has 0 spiro atoms. The third-order valence-electron chi connectivity index (χ3n) is 3.31. The lowest BCUT2D eigenvalue weighted by Gasteiger charge is -2.28. The molecule has 2 rings (SSSR count). The summed E-state index contributed by atoms with van der Waals surface area (Å²) in [6, 6.07) is 5.44. The quantitative estimate of drug-likeness (QED) is 0.893. The fourth-order valence-corrected chi connectivity index (χ4v) is 2.28. The van der Waals surface area contributed by atoms with E-state index in [1.54, 1.807) is 20.3 Å². The van der Waals surface area contributed by atoms with Gasteiger partial charge in [0.1, 0.15) is 11.9 Å². The lowest BCUT2D eigenvalue weighted by Crippen LogP contribution is -2.34. The molecule has 1 saturated carbocycles. The van der Waals surface area contributed by atoms with Crippen LogP contribution in [-0.4, -0.2) is 31.5 Å². The lowest BCUT2D eigenvalue weighted by atomic mass is 9.95. The fourth-order valence-electron chi connectivity index (χ4n) is 2.28. The molecule has 0 aromatic heterocycles. The zero-order valence-electron chi connectivity index (χ0n) is 10.9. The van der Waals surface area contributed by atoms with Crippen molar-refractivity contribution < 1.29 is 19.3 Å². The largest absolute Gasteiger partial charge is 0.493 e. The van der Waals surface area contributed by atoms with Crippen LogP contribution in [-0.2, 0) is 0 Å². The van der Waals surface area contributed by atoms with Gasteiger partial charge in [-0.2, -0.15) is 0 Å². The van der Waals surface area contributed by atoms with Gasteiger partial charge in [0.05, 0.1) is 20.3 Å². The van der Waals surface area contributed by atoms with E-state index in [2.05, 4.69) is 0 Å². The molecule has 2 unspecified atom stereocenters. The predicted molar refractivity (Wildman–Crippen MR) is 68.4 cm³/mol. The second kappa shape index (κ2) is 5.96. The summed E-state index contributed by atoms with van der Waals surface area (Å²) in [5.74, 6) is 2.02. The normalized spacial score (nSPS) is 23.5. The van der Waals surface area contributed by atoms with E-state index in [0.29, 0.717) is 17.2 Å². The third kappa shape index (κ3) is 2.88. The van der Waals surface area contributed by atoms with Crippen molar-refractivity contribution in [1.29, 1.82) is 0 Å². The molecule has 0 aliphatic heterocycles. The molecule has 1 aliphatic carbocycles. The van der Waals surface area contributed by atoms with E-state index in [1.165, 1.54) is 0 Å². The van der Waals surface area contributed by atoms with E-state index in [1.807, 2.05) is 12.1 Å². The average molecular weight is 252 g/mol. The molecule has 0 bridgehead atoms. The molecule has 1 fully saturated rings. The van der Waals surface area contributed by atoms with Crippen LogP contribution in [0.5, 0.6) is 17.2 Å². The van der Waals surface area contributed by atoms with Crippen LogP contribution in [0.25, 0.3) is 0 Å². The van der Waals surface area contributed by atoms with Gasteiger partial charge in [0.25, 0.3) is 0 Å². The number of benzene rings is 1. The average Bonchev–Trinajstić information content (AvgIpc) is 2.41. The highest BCUT2D eigenvalue weighted by molar-refractivity contribution is 5.45. The Morgan fingerprint density at radius 3 is 2.44 bits per heavy atom. The molecule has 1 aromatic rings. The Bertz CT molecular complexity index is 391. The minimum atomic E-state index is -0.369. The van der Waals surface area contributed by atoms with E-state index in [0.717, 1.165) is 25.7 Å². The first-order valence-electron chi connectivity index (χ1n) is 6.31. The van der Waals surface area contributed by atoms with Gasteiger partial charge in [0.15, 0.2) is 11.5 Å². The van der Waals surface area contributed by atoms with Crippen molar-refractivity contribution in [3.05, 3.63) is 18.2 Å². The molecule has 0 saturated heterocycles. The summed E-state index contributed by atoms with van der Waals surface area (Å²) >= 11 is 0. The van der Waals surface area contributed by atoms with Gasteiger partial charge in [-0.05, 0) is 31.4 Å². The number of ether oxygens (including phenoxy) is 3. The highest BCUT2D eigenvalue weighted by Crippen LogP contribution is 2.32. The third-order valence-corrected chi connectivity index (χ3v) is 3.31. The zero-order valence-corrected chi connectivity index (χ0v) is 10.9. The summed E-state index contributed by atoms with van der Waals surface area (Å²) in [4.78, 5) is 0. The minimum Gasteiger partial charge on any atom is -0.493 e. The molecule has 0 heterocycles. The van der Waals surface area contributed by atoms with Crippen LogP contribution in [0.15, 0.2) is 18.2 Å². The molecule has 2 atom stereocenters. The van der Waals surface area contributed by atoms with E-state index in [-0.39, 0.29) is 12.2 Å². The van der Waals surface area contributed by atoms with Crippen LogP contribution in [0.2, 0.25) is 0 Å². The second-order valence-electron chi connectivity index (χ2n) is 4.52. The zero-order chi connectivity index (χ0) is 13.0. The molecule has 18 heavy (non-hydrogen) atoms. The van der Waals surface area contributed by atoms with Gasteiger partial charge in [-0.3, -0.25) is 0 Å². The molecule has 1 aliphatic rings. The van der Waals surface area contributed by atoms with Gasteiger partial charge in [-0.25, -0.2) is 0 Å². The Balaban J connectivity index is 2.08. The molecule has 100 valence electrons. The van der Waals surface area contributed by atoms with Gasteiger partial charge in [-0.15, -0.1) is 0 Å². The molecule has 4 nitrogen and oxygen atoms in total. The van der Waals surface area contributed by atoms with Crippen molar-refractivity contribution in [3.63, 3.8) is 0 Å². The Morgan fingerprint density at radius 2 is 1.78 bits per heavy atom. The first-order valence-corrected chi connectivity index (χ1v) is 6.31. The maximum absolute atomic E-state index is 9.88. The van der Waals surface area contributed by atoms with Crippen molar-refractivity contribution >= 4 is 0 Å². The van der Waals surface area contributed by atoms with E-state index < -0.39 is 0 Å². The monoisotopic (exact) mass is 252 g/mol. The second-order valence-corrected chi connectivity index (χ2v) is 4.52. The van der Waals surface area contributed by atoms with Gasteiger partial charge < -0.3 is 19.3 Å². The van der Waals surface area contributed by atoms with E-state index in [4.69, 9.17) is 14.2 Å². The Hall–Kier alpha value is -1.42. The number of hydrogen-bond acceptors (Lipinski definition) is 4. The topological polar surface area (TPSA) is 47.9 Å². The molecular weight excluding hydrogens is 232 g/mol. The highest BCUT2D eigenvalue weighted by Gasteiger charge is 2.24. The molecule has 0 radical (unpaired) electrons. The van der Waals surface area contributed by atoms with Crippen LogP contribution in [0, 0.1) is 0 Å². The first-order chi connectivity index (χ1) is 8.74. The fraction of sp³-hybridized carbons (Fsp3) is 0.571. The van der Waals surface area contributed by atoms with Crippen molar-refractivity contribution in [1.82, 2.24) is 0 Å². The number of aliphatic hydroxyl groups is 1. The van der Waals surface area contributed by atoms with E-state index in [9.17, 15) is 5.11 Å². The number of hydrogen-bond donors (Lipinski definition) is 1. The summed E-state index contributed by atoms with van der Waals surface area (Å²) in [7, 11) is 3.19. The van der Waals surface area contributed by atoms with Crippen LogP contribution in [0.1, 0.15) is 25.7 Å².